The van der Waals surface area contributed by atoms with Gasteiger partial charge in [-0.1, -0.05) is 71.1 Å². The second-order valence-corrected chi connectivity index (χ2v) is 9.75. The Bertz CT molecular complexity index is 435. The van der Waals surface area contributed by atoms with Crippen molar-refractivity contribution in [3.63, 3.8) is 0 Å². The smallest absolute Gasteiger partial charge is 0.312 e. The molecule has 2 nitrogen and oxygen atoms in total. The van der Waals surface area contributed by atoms with Crippen molar-refractivity contribution in [1.82, 2.24) is 0 Å². The minimum atomic E-state index is -0.174. The van der Waals surface area contributed by atoms with Crippen LogP contribution in [0.5, 0.6) is 0 Å². The van der Waals surface area contributed by atoms with Gasteiger partial charge in [0.1, 0.15) is 0 Å². The summed E-state index contributed by atoms with van der Waals surface area (Å²) in [7, 11) is 1.62. The lowest BCUT2D eigenvalue weighted by Crippen LogP contribution is -2.51. The summed E-state index contributed by atoms with van der Waals surface area (Å²) >= 11 is 0. The van der Waals surface area contributed by atoms with Crippen molar-refractivity contribution in [2.45, 2.75) is 116 Å². The minimum Gasteiger partial charge on any atom is -0.469 e. The number of carbonyl (C=O) groups is 1. The monoisotopic (exact) mass is 362 g/mol. The van der Waals surface area contributed by atoms with E-state index in [1.165, 1.54) is 96.3 Å². The van der Waals surface area contributed by atoms with Crippen LogP contribution in [0.15, 0.2) is 0 Å². The number of rotatable bonds is 6. The zero-order valence-corrected chi connectivity index (χ0v) is 17.5. The van der Waals surface area contributed by atoms with Crippen LogP contribution in [0.3, 0.4) is 0 Å². The Hall–Kier alpha value is -0.530. The first-order valence-electron chi connectivity index (χ1n) is 11.8. The van der Waals surface area contributed by atoms with Gasteiger partial charge in [0.25, 0.3) is 0 Å². The highest BCUT2D eigenvalue weighted by molar-refractivity contribution is 5.78. The van der Waals surface area contributed by atoms with Gasteiger partial charge in [0.15, 0.2) is 0 Å². The summed E-state index contributed by atoms with van der Waals surface area (Å²) in [6.07, 6.45) is 22.2. The molecule has 2 heteroatoms. The number of methoxy groups -OCH3 is 1. The molecule has 0 saturated heterocycles. The van der Waals surface area contributed by atoms with Crippen LogP contribution in [0.1, 0.15) is 116 Å². The molecule has 0 spiro atoms. The molecule has 3 rings (SSSR count). The van der Waals surface area contributed by atoms with Crippen LogP contribution in [-0.4, -0.2) is 13.1 Å². The molecule has 3 fully saturated rings. The third-order valence-electron chi connectivity index (χ3n) is 8.61. The fourth-order valence-electron chi connectivity index (χ4n) is 7.05. The number of esters is 1. The van der Waals surface area contributed by atoms with E-state index in [0.29, 0.717) is 0 Å². The Morgan fingerprint density at radius 3 is 2.00 bits per heavy atom. The lowest BCUT2D eigenvalue weighted by atomic mass is 9.49. The van der Waals surface area contributed by atoms with E-state index in [0.717, 1.165) is 24.7 Å². The number of unbranched alkanes of at least 4 members (excludes halogenated alkanes) is 1. The van der Waals surface area contributed by atoms with E-state index >= 15 is 0 Å². The summed E-state index contributed by atoms with van der Waals surface area (Å²) in [6, 6.07) is 0. The zero-order chi connectivity index (χ0) is 18.5. The van der Waals surface area contributed by atoms with Crippen LogP contribution in [0.2, 0.25) is 0 Å². The molecule has 0 N–H and O–H groups in total. The highest BCUT2D eigenvalue weighted by Gasteiger charge is 2.57. The van der Waals surface area contributed by atoms with Gasteiger partial charge in [-0.25, -0.2) is 0 Å². The van der Waals surface area contributed by atoms with E-state index < -0.39 is 0 Å². The molecule has 3 aliphatic rings. The molecule has 0 radical (unpaired) electrons. The van der Waals surface area contributed by atoms with Crippen LogP contribution in [0.4, 0.5) is 0 Å². The number of ether oxygens (including phenoxy) is 1. The predicted octanol–water partition coefficient (Wildman–Crippen LogP) is 7.06. The molecule has 26 heavy (non-hydrogen) atoms. The Labute approximate surface area is 161 Å². The van der Waals surface area contributed by atoms with Gasteiger partial charge >= 0.3 is 5.97 Å². The maximum atomic E-state index is 13.1. The second-order valence-electron chi connectivity index (χ2n) is 9.75. The normalized spacial score (nSPS) is 32.9. The molecule has 0 aromatic carbocycles. The van der Waals surface area contributed by atoms with Crippen molar-refractivity contribution in [3.8, 4) is 0 Å². The lowest BCUT2D eigenvalue weighted by Gasteiger charge is -2.55. The Balaban J connectivity index is 1.79. The van der Waals surface area contributed by atoms with Crippen LogP contribution in [0, 0.1) is 22.7 Å². The summed E-state index contributed by atoms with van der Waals surface area (Å²) in [5.41, 5.74) is 0.0500. The average Bonchev–Trinajstić information content (AvgIpc) is 2.73. The first kappa shape index (κ1) is 20.2. The molecule has 3 saturated carbocycles. The van der Waals surface area contributed by atoms with E-state index in [1.807, 2.05) is 0 Å². The highest BCUT2D eigenvalue weighted by atomic mass is 16.5. The van der Waals surface area contributed by atoms with Crippen LogP contribution >= 0.6 is 0 Å². The third-order valence-corrected chi connectivity index (χ3v) is 8.61. The van der Waals surface area contributed by atoms with Gasteiger partial charge < -0.3 is 4.74 Å². The Morgan fingerprint density at radius 2 is 1.42 bits per heavy atom. The number of hydrogen-bond acceptors (Lipinski definition) is 2. The van der Waals surface area contributed by atoms with Crippen molar-refractivity contribution < 1.29 is 9.53 Å². The summed E-state index contributed by atoms with van der Waals surface area (Å²) in [4.78, 5) is 13.1. The van der Waals surface area contributed by atoms with Crippen LogP contribution in [0.25, 0.3) is 0 Å². The second kappa shape index (κ2) is 9.11. The fraction of sp³-hybridized carbons (Fsp3) is 0.958. The molecule has 0 amide bonds. The minimum absolute atomic E-state index is 0.129. The molecule has 150 valence electrons. The van der Waals surface area contributed by atoms with E-state index in [-0.39, 0.29) is 16.8 Å². The summed E-state index contributed by atoms with van der Waals surface area (Å²) in [6.45, 7) is 2.30. The lowest BCUT2D eigenvalue weighted by molar-refractivity contribution is -0.172. The largest absolute Gasteiger partial charge is 0.469 e. The average molecular weight is 363 g/mol. The molecular weight excluding hydrogens is 320 g/mol. The topological polar surface area (TPSA) is 26.3 Å². The fourth-order valence-corrected chi connectivity index (χ4v) is 7.05. The number of hydrogen-bond donors (Lipinski definition) is 0. The van der Waals surface area contributed by atoms with Crippen molar-refractivity contribution in [2.24, 2.45) is 22.7 Å². The Kier molecular flexibility index (Phi) is 7.08. The van der Waals surface area contributed by atoms with E-state index in [9.17, 15) is 4.79 Å². The van der Waals surface area contributed by atoms with Gasteiger partial charge in [-0.05, 0) is 62.2 Å². The van der Waals surface area contributed by atoms with Crippen LogP contribution in [-0.2, 0) is 9.53 Å². The molecule has 0 heterocycles. The van der Waals surface area contributed by atoms with Crippen molar-refractivity contribution in [2.75, 3.05) is 7.11 Å². The quantitative estimate of drug-likeness (QED) is 0.473. The maximum absolute atomic E-state index is 13.1. The highest BCUT2D eigenvalue weighted by Crippen LogP contribution is 2.61. The predicted molar refractivity (Wildman–Crippen MR) is 108 cm³/mol. The molecule has 0 atom stereocenters. The molecule has 0 bridgehead atoms. The van der Waals surface area contributed by atoms with Gasteiger partial charge in [0.05, 0.1) is 12.5 Å². The standard InChI is InChI=1S/C24H42O2/c1-3-4-15-23(24(22(25)26-2)16-9-6-10-17-24)18-13-21(14-19-23)20-11-7-5-8-12-20/h20-21H,3-19H2,1-2H3. The van der Waals surface area contributed by atoms with Crippen molar-refractivity contribution in [1.29, 1.82) is 0 Å². The molecule has 0 aliphatic heterocycles. The van der Waals surface area contributed by atoms with E-state index in [1.54, 1.807) is 7.11 Å². The molecule has 0 unspecified atom stereocenters. The van der Waals surface area contributed by atoms with Gasteiger partial charge in [-0.3, -0.25) is 4.79 Å². The van der Waals surface area contributed by atoms with Crippen molar-refractivity contribution in [3.05, 3.63) is 0 Å². The van der Waals surface area contributed by atoms with E-state index in [4.69, 9.17) is 4.74 Å². The van der Waals surface area contributed by atoms with Gasteiger partial charge in [-0.15, -0.1) is 0 Å². The van der Waals surface area contributed by atoms with E-state index in [2.05, 4.69) is 6.92 Å². The van der Waals surface area contributed by atoms with Gasteiger partial charge in [-0.2, -0.15) is 0 Å². The first-order valence-corrected chi connectivity index (χ1v) is 11.8. The van der Waals surface area contributed by atoms with Crippen LogP contribution < -0.4 is 0 Å². The molecule has 3 aliphatic carbocycles. The molecule has 0 aromatic rings. The Morgan fingerprint density at radius 1 is 0.846 bits per heavy atom. The first-order chi connectivity index (χ1) is 12.7. The molecule has 0 aromatic heterocycles. The number of carbonyl (C=O) groups excluding carboxylic acids is 1. The third kappa shape index (κ3) is 3.85. The summed E-state index contributed by atoms with van der Waals surface area (Å²) in [5, 5.41) is 0. The maximum Gasteiger partial charge on any atom is 0.312 e. The van der Waals surface area contributed by atoms with Crippen molar-refractivity contribution >= 4 is 5.97 Å². The zero-order valence-electron chi connectivity index (χ0n) is 17.5. The summed E-state index contributed by atoms with van der Waals surface area (Å²) < 4.78 is 5.46. The van der Waals surface area contributed by atoms with Gasteiger partial charge in [0, 0.05) is 0 Å². The van der Waals surface area contributed by atoms with Gasteiger partial charge in [0.2, 0.25) is 0 Å². The molecular formula is C24H42O2. The summed E-state index contributed by atoms with van der Waals surface area (Å²) in [5.74, 6) is 2.04. The SMILES string of the molecule is CCCCC1(C2(C(=O)OC)CCCCC2)CCC(C2CCCCC2)CC1.